The molecule has 0 N–H and O–H groups in total. The van der Waals surface area contributed by atoms with E-state index in [1.54, 1.807) is 0 Å². The second-order valence-corrected chi connectivity index (χ2v) is 12.5. The zero-order chi connectivity index (χ0) is 28.2. The van der Waals surface area contributed by atoms with E-state index in [1.807, 2.05) is 0 Å². The summed E-state index contributed by atoms with van der Waals surface area (Å²) < 4.78 is 0. The van der Waals surface area contributed by atoms with Gasteiger partial charge in [-0.2, -0.15) is 0 Å². The zero-order valence-electron chi connectivity index (χ0n) is 24.7. The maximum absolute atomic E-state index is 4.65. The van der Waals surface area contributed by atoms with Crippen LogP contribution in [-0.4, -0.2) is 46.1 Å². The maximum Gasteiger partial charge on any atom is 0.225 e. The molecule has 0 bridgehead atoms. The summed E-state index contributed by atoms with van der Waals surface area (Å²) in [5.74, 6) is 1.81. The summed E-state index contributed by atoms with van der Waals surface area (Å²) >= 11 is 0. The van der Waals surface area contributed by atoms with Gasteiger partial charge in [0.05, 0.1) is 0 Å². The molecule has 2 aliphatic carbocycles. The molecule has 2 saturated heterocycles. The molecule has 2 aliphatic heterocycles. The van der Waals surface area contributed by atoms with Crippen molar-refractivity contribution in [1.82, 2.24) is 19.9 Å². The average molecular weight is 559 g/mol. The van der Waals surface area contributed by atoms with Gasteiger partial charge in [-0.25, -0.2) is 19.9 Å². The Labute approximate surface area is 250 Å². The number of rotatable bonds is 6. The summed E-state index contributed by atoms with van der Waals surface area (Å²) in [6.45, 7) is 4.40. The summed E-state index contributed by atoms with van der Waals surface area (Å²) in [6.07, 6.45) is 20.8. The molecule has 2 aromatic carbocycles. The first kappa shape index (κ1) is 27.1. The largest absolute Gasteiger partial charge is 0.341 e. The van der Waals surface area contributed by atoms with Crippen LogP contribution in [0, 0.1) is 0 Å². The predicted molar refractivity (Wildman–Crippen MR) is 169 cm³/mol. The van der Waals surface area contributed by atoms with E-state index >= 15 is 0 Å². The first-order valence-electron chi connectivity index (χ1n) is 16.0. The molecule has 0 radical (unpaired) electrons. The molecule has 6 nitrogen and oxygen atoms in total. The van der Waals surface area contributed by atoms with Crippen molar-refractivity contribution < 1.29 is 0 Å². The fraction of sp³-hybridized carbons (Fsp3) is 0.444. The zero-order valence-corrected chi connectivity index (χ0v) is 24.7. The third-order valence-electron chi connectivity index (χ3n) is 9.81. The van der Waals surface area contributed by atoms with Crippen molar-refractivity contribution >= 4 is 11.9 Å². The van der Waals surface area contributed by atoms with Crippen molar-refractivity contribution in [2.24, 2.45) is 0 Å². The monoisotopic (exact) mass is 558 g/mol. The highest BCUT2D eigenvalue weighted by Crippen LogP contribution is 2.54. The van der Waals surface area contributed by atoms with Crippen LogP contribution in [0.1, 0.15) is 86.5 Å². The third kappa shape index (κ3) is 5.51. The van der Waals surface area contributed by atoms with Gasteiger partial charge in [0, 0.05) is 61.8 Å². The summed E-state index contributed by atoms with van der Waals surface area (Å²) in [4.78, 5) is 23.2. The topological polar surface area (TPSA) is 58.0 Å². The fourth-order valence-electron chi connectivity index (χ4n) is 6.90. The highest BCUT2D eigenvalue weighted by Gasteiger charge is 2.47. The normalized spacial score (nSPS) is 20.3. The second-order valence-electron chi connectivity index (χ2n) is 12.5. The minimum Gasteiger partial charge on any atom is -0.341 e. The molecule has 4 aromatic rings. The standard InChI is InChI=1S/2C18H21N3/c2*1-3-7-15(8-4-1)18(9-10-18)16-13-19-17(20-14-16)21-11-5-2-6-12-21/h2*1,3-4,7-8,13-14H,2,5-6,9-12H2. The van der Waals surface area contributed by atoms with E-state index in [-0.39, 0.29) is 10.8 Å². The van der Waals surface area contributed by atoms with Crippen molar-refractivity contribution in [1.29, 1.82) is 0 Å². The fourth-order valence-corrected chi connectivity index (χ4v) is 6.90. The first-order valence-corrected chi connectivity index (χ1v) is 16.0. The molecule has 0 unspecified atom stereocenters. The molecule has 0 amide bonds. The van der Waals surface area contributed by atoms with Gasteiger partial charge < -0.3 is 9.80 Å². The Morgan fingerprint density at radius 1 is 0.405 bits per heavy atom. The molecular weight excluding hydrogens is 516 g/mol. The number of aromatic nitrogens is 4. The van der Waals surface area contributed by atoms with Crippen LogP contribution in [-0.2, 0) is 10.8 Å². The number of nitrogens with zero attached hydrogens (tertiary/aromatic N) is 6. The molecule has 2 saturated carbocycles. The minimum absolute atomic E-state index is 0.182. The van der Waals surface area contributed by atoms with E-state index < -0.39 is 0 Å². The minimum atomic E-state index is 0.182. The molecule has 4 heterocycles. The number of piperidine rings is 2. The number of anilines is 2. The van der Waals surface area contributed by atoms with E-state index in [4.69, 9.17) is 0 Å². The highest BCUT2D eigenvalue weighted by atomic mass is 15.3. The summed E-state index contributed by atoms with van der Waals surface area (Å²) in [5.41, 5.74) is 5.71. The lowest BCUT2D eigenvalue weighted by Crippen LogP contribution is -2.31. The smallest absolute Gasteiger partial charge is 0.225 e. The molecule has 6 heteroatoms. The molecule has 0 atom stereocenters. The van der Waals surface area contributed by atoms with Crippen LogP contribution in [0.2, 0.25) is 0 Å². The van der Waals surface area contributed by atoms with Crippen LogP contribution < -0.4 is 9.80 Å². The van der Waals surface area contributed by atoms with Crippen molar-refractivity contribution in [2.75, 3.05) is 36.0 Å². The number of benzene rings is 2. The van der Waals surface area contributed by atoms with Crippen molar-refractivity contribution in [3.05, 3.63) is 108 Å². The van der Waals surface area contributed by atoms with Crippen LogP contribution in [0.25, 0.3) is 0 Å². The van der Waals surface area contributed by atoms with Crippen molar-refractivity contribution in [3.8, 4) is 0 Å². The number of hydrogen-bond donors (Lipinski definition) is 0. The Balaban J connectivity index is 0.000000137. The molecule has 2 aromatic heterocycles. The molecule has 216 valence electrons. The van der Waals surface area contributed by atoms with Crippen LogP contribution in [0.4, 0.5) is 11.9 Å². The van der Waals surface area contributed by atoms with E-state index in [1.165, 1.54) is 86.5 Å². The van der Waals surface area contributed by atoms with E-state index in [0.717, 1.165) is 38.1 Å². The van der Waals surface area contributed by atoms with Gasteiger partial charge in [0.2, 0.25) is 11.9 Å². The molecule has 0 spiro atoms. The van der Waals surface area contributed by atoms with Gasteiger partial charge in [-0.3, -0.25) is 0 Å². The van der Waals surface area contributed by atoms with E-state index in [2.05, 4.69) is 115 Å². The first-order chi connectivity index (χ1) is 20.8. The quantitative estimate of drug-likeness (QED) is 0.252. The molecule has 4 fully saturated rings. The molecular formula is C36H42N6. The summed E-state index contributed by atoms with van der Waals surface area (Å²) in [5, 5.41) is 0. The molecule has 8 rings (SSSR count). The van der Waals surface area contributed by atoms with Gasteiger partial charge in [-0.05, 0) is 86.5 Å². The second kappa shape index (κ2) is 11.8. The maximum atomic E-state index is 4.65. The van der Waals surface area contributed by atoms with Crippen molar-refractivity contribution in [3.63, 3.8) is 0 Å². The Hall–Kier alpha value is -3.80. The van der Waals surface area contributed by atoms with Gasteiger partial charge in [0.1, 0.15) is 0 Å². The Bertz CT molecular complexity index is 1310. The van der Waals surface area contributed by atoms with Crippen LogP contribution in [0.15, 0.2) is 85.5 Å². The van der Waals surface area contributed by atoms with E-state index in [0.29, 0.717) is 0 Å². The van der Waals surface area contributed by atoms with Crippen LogP contribution in [0.5, 0.6) is 0 Å². The van der Waals surface area contributed by atoms with Gasteiger partial charge in [0.15, 0.2) is 0 Å². The van der Waals surface area contributed by atoms with E-state index in [9.17, 15) is 0 Å². The van der Waals surface area contributed by atoms with Gasteiger partial charge in [-0.15, -0.1) is 0 Å². The van der Waals surface area contributed by atoms with Gasteiger partial charge in [-0.1, -0.05) is 60.7 Å². The average Bonchev–Trinajstić information content (AvgIpc) is 4.03. The lowest BCUT2D eigenvalue weighted by Gasteiger charge is -2.27. The van der Waals surface area contributed by atoms with Crippen LogP contribution in [0.3, 0.4) is 0 Å². The van der Waals surface area contributed by atoms with Crippen LogP contribution >= 0.6 is 0 Å². The lowest BCUT2D eigenvalue weighted by atomic mass is 9.90. The summed E-state index contributed by atoms with van der Waals surface area (Å²) in [6, 6.07) is 21.6. The number of hydrogen-bond acceptors (Lipinski definition) is 6. The van der Waals surface area contributed by atoms with Gasteiger partial charge >= 0.3 is 0 Å². The Morgan fingerprint density at radius 3 is 1.05 bits per heavy atom. The van der Waals surface area contributed by atoms with Gasteiger partial charge in [0.25, 0.3) is 0 Å². The predicted octanol–water partition coefficient (Wildman–Crippen LogP) is 7.09. The highest BCUT2D eigenvalue weighted by molar-refractivity contribution is 5.45. The third-order valence-corrected chi connectivity index (χ3v) is 9.81. The SMILES string of the molecule is c1ccc(C2(c3cnc(N4CCCCC4)nc3)CC2)cc1.c1ccc(C2(c3cnc(N4CCCCC4)nc3)CC2)cc1. The Morgan fingerprint density at radius 2 is 0.738 bits per heavy atom. The van der Waals surface area contributed by atoms with Crippen molar-refractivity contribution in [2.45, 2.75) is 75.0 Å². The lowest BCUT2D eigenvalue weighted by molar-refractivity contribution is 0.567. The Kier molecular flexibility index (Phi) is 7.62. The molecule has 4 aliphatic rings. The summed E-state index contributed by atoms with van der Waals surface area (Å²) in [7, 11) is 0. The molecule has 42 heavy (non-hydrogen) atoms.